The van der Waals surface area contributed by atoms with Crippen molar-refractivity contribution in [1.29, 1.82) is 0 Å². The molecule has 0 spiro atoms. The number of aromatic nitrogens is 3. The number of ether oxygens (including phenoxy) is 3. The summed E-state index contributed by atoms with van der Waals surface area (Å²) < 4.78 is 18.8. The second-order valence-electron chi connectivity index (χ2n) is 8.52. The van der Waals surface area contributed by atoms with E-state index in [4.69, 9.17) is 14.2 Å². The van der Waals surface area contributed by atoms with Gasteiger partial charge in [0, 0.05) is 37.0 Å². The Kier molecular flexibility index (Phi) is 7.13. The summed E-state index contributed by atoms with van der Waals surface area (Å²) >= 11 is 0. The first-order valence-corrected chi connectivity index (χ1v) is 11.4. The first-order valence-electron chi connectivity index (χ1n) is 11.4. The van der Waals surface area contributed by atoms with Crippen LogP contribution in [-0.4, -0.2) is 46.9 Å². The number of aryl methyl sites for hydroxylation is 3. The summed E-state index contributed by atoms with van der Waals surface area (Å²) in [6.45, 7) is 7.71. The Morgan fingerprint density at radius 2 is 2.09 bits per heavy atom. The van der Waals surface area contributed by atoms with Crippen molar-refractivity contribution < 1.29 is 19.0 Å². The van der Waals surface area contributed by atoms with E-state index in [0.717, 1.165) is 53.3 Å². The standard InChI is InChI=1S/C25H32N4O4/c1-16-12-24-27-17(2)21(18(3)29(24)28-16)8-10-25(30)26-14-19-7-9-22(23(13-19)31-4)33-15-20-6-5-11-32-20/h7,9,12-13,20H,5-6,8,10-11,14-15H2,1-4H3,(H,26,30). The van der Waals surface area contributed by atoms with Gasteiger partial charge in [-0.05, 0) is 63.3 Å². The molecule has 1 atom stereocenters. The van der Waals surface area contributed by atoms with Crippen LogP contribution in [0.3, 0.4) is 0 Å². The summed E-state index contributed by atoms with van der Waals surface area (Å²) in [4.78, 5) is 17.2. The fraction of sp³-hybridized carbons (Fsp3) is 0.480. The molecule has 1 saturated heterocycles. The van der Waals surface area contributed by atoms with Gasteiger partial charge in [-0.3, -0.25) is 4.79 Å². The molecule has 0 bridgehead atoms. The van der Waals surface area contributed by atoms with Crippen LogP contribution in [0.15, 0.2) is 24.3 Å². The second-order valence-corrected chi connectivity index (χ2v) is 8.52. The number of rotatable bonds is 9. The summed E-state index contributed by atoms with van der Waals surface area (Å²) in [6.07, 6.45) is 3.25. The lowest BCUT2D eigenvalue weighted by molar-refractivity contribution is -0.121. The molecule has 1 fully saturated rings. The van der Waals surface area contributed by atoms with E-state index in [1.807, 2.05) is 49.6 Å². The average Bonchev–Trinajstić information content (AvgIpc) is 3.45. The molecule has 0 aliphatic carbocycles. The van der Waals surface area contributed by atoms with Gasteiger partial charge in [-0.2, -0.15) is 5.10 Å². The zero-order valence-electron chi connectivity index (χ0n) is 19.8. The summed E-state index contributed by atoms with van der Waals surface area (Å²) in [5.74, 6) is 1.33. The van der Waals surface area contributed by atoms with Gasteiger partial charge in [0.2, 0.25) is 5.91 Å². The van der Waals surface area contributed by atoms with Crippen molar-refractivity contribution in [3.8, 4) is 11.5 Å². The highest BCUT2D eigenvalue weighted by Gasteiger charge is 2.17. The molecule has 1 aliphatic heterocycles. The molecule has 8 heteroatoms. The Balaban J connectivity index is 1.32. The number of hydrogen-bond acceptors (Lipinski definition) is 6. The van der Waals surface area contributed by atoms with Crippen LogP contribution in [0, 0.1) is 20.8 Å². The maximum Gasteiger partial charge on any atom is 0.220 e. The first kappa shape index (κ1) is 23.0. The summed E-state index contributed by atoms with van der Waals surface area (Å²) in [5.41, 5.74) is 5.76. The van der Waals surface area contributed by atoms with Gasteiger partial charge in [0.1, 0.15) is 6.61 Å². The molecule has 4 rings (SSSR count). The van der Waals surface area contributed by atoms with Gasteiger partial charge in [-0.1, -0.05) is 6.07 Å². The highest BCUT2D eigenvalue weighted by atomic mass is 16.5. The number of methoxy groups -OCH3 is 1. The van der Waals surface area contributed by atoms with E-state index in [9.17, 15) is 4.79 Å². The van der Waals surface area contributed by atoms with Crippen LogP contribution in [0.1, 0.15) is 47.5 Å². The minimum atomic E-state index is -0.0109. The molecule has 0 radical (unpaired) electrons. The lowest BCUT2D eigenvalue weighted by Gasteiger charge is -2.15. The largest absolute Gasteiger partial charge is 0.493 e. The van der Waals surface area contributed by atoms with E-state index in [2.05, 4.69) is 15.4 Å². The van der Waals surface area contributed by atoms with Crippen molar-refractivity contribution in [3.63, 3.8) is 0 Å². The van der Waals surface area contributed by atoms with Crippen molar-refractivity contribution in [2.75, 3.05) is 20.3 Å². The van der Waals surface area contributed by atoms with Crippen LogP contribution in [0.4, 0.5) is 0 Å². The quantitative estimate of drug-likeness (QED) is 0.535. The zero-order valence-corrected chi connectivity index (χ0v) is 19.8. The van der Waals surface area contributed by atoms with E-state index in [-0.39, 0.29) is 12.0 Å². The second kappa shape index (κ2) is 10.2. The van der Waals surface area contributed by atoms with Crippen LogP contribution in [0.5, 0.6) is 11.5 Å². The number of benzene rings is 1. The molecule has 3 heterocycles. The number of nitrogens with zero attached hydrogens (tertiary/aromatic N) is 3. The highest BCUT2D eigenvalue weighted by Crippen LogP contribution is 2.29. The van der Waals surface area contributed by atoms with Gasteiger partial charge in [-0.15, -0.1) is 0 Å². The average molecular weight is 453 g/mol. The zero-order chi connectivity index (χ0) is 23.4. The van der Waals surface area contributed by atoms with E-state index < -0.39 is 0 Å². The molecule has 0 saturated carbocycles. The van der Waals surface area contributed by atoms with Crippen molar-refractivity contribution in [1.82, 2.24) is 19.9 Å². The van der Waals surface area contributed by atoms with Gasteiger partial charge >= 0.3 is 0 Å². The van der Waals surface area contributed by atoms with Crippen LogP contribution in [0.25, 0.3) is 5.65 Å². The van der Waals surface area contributed by atoms with E-state index in [0.29, 0.717) is 37.5 Å². The number of fused-ring (bicyclic) bond motifs is 1. The molecule has 176 valence electrons. The molecule has 1 unspecified atom stereocenters. The van der Waals surface area contributed by atoms with Crippen molar-refractivity contribution in [2.24, 2.45) is 0 Å². The third-order valence-electron chi connectivity index (χ3n) is 6.05. The molecule has 8 nitrogen and oxygen atoms in total. The number of nitrogens with one attached hydrogen (secondary N) is 1. The maximum absolute atomic E-state index is 12.5. The lowest BCUT2D eigenvalue weighted by Crippen LogP contribution is -2.23. The summed E-state index contributed by atoms with van der Waals surface area (Å²) in [7, 11) is 1.62. The molecule has 1 amide bonds. The molecule has 2 aromatic heterocycles. The molecule has 1 N–H and O–H groups in total. The van der Waals surface area contributed by atoms with Crippen molar-refractivity contribution in [3.05, 3.63) is 52.5 Å². The molecule has 3 aromatic rings. The van der Waals surface area contributed by atoms with E-state index in [1.165, 1.54) is 0 Å². The molecule has 1 aliphatic rings. The van der Waals surface area contributed by atoms with Crippen LogP contribution >= 0.6 is 0 Å². The molecular weight excluding hydrogens is 420 g/mol. The van der Waals surface area contributed by atoms with Crippen molar-refractivity contribution >= 4 is 11.6 Å². The van der Waals surface area contributed by atoms with Gasteiger partial charge in [-0.25, -0.2) is 9.50 Å². The Morgan fingerprint density at radius 1 is 1.24 bits per heavy atom. The third kappa shape index (κ3) is 5.45. The van der Waals surface area contributed by atoms with Crippen LogP contribution in [-0.2, 0) is 22.5 Å². The smallest absolute Gasteiger partial charge is 0.220 e. The Bertz CT molecular complexity index is 1140. The maximum atomic E-state index is 12.5. The first-order chi connectivity index (χ1) is 15.9. The summed E-state index contributed by atoms with van der Waals surface area (Å²) in [5, 5.41) is 7.50. The Labute approximate surface area is 194 Å². The van der Waals surface area contributed by atoms with Gasteiger partial charge in [0.15, 0.2) is 17.1 Å². The number of carbonyl (C=O) groups excluding carboxylic acids is 1. The summed E-state index contributed by atoms with van der Waals surface area (Å²) in [6, 6.07) is 7.69. The third-order valence-corrected chi connectivity index (χ3v) is 6.05. The topological polar surface area (TPSA) is 87.0 Å². The normalized spacial score (nSPS) is 15.7. The fourth-order valence-electron chi connectivity index (χ4n) is 4.23. The monoisotopic (exact) mass is 452 g/mol. The molecular formula is C25H32N4O4. The van der Waals surface area contributed by atoms with Gasteiger partial charge < -0.3 is 19.5 Å². The Hall–Kier alpha value is -3.13. The van der Waals surface area contributed by atoms with E-state index in [1.54, 1.807) is 7.11 Å². The molecule has 1 aromatic carbocycles. The fourth-order valence-corrected chi connectivity index (χ4v) is 4.23. The van der Waals surface area contributed by atoms with Gasteiger partial charge in [0.05, 0.1) is 18.9 Å². The number of hydrogen-bond donors (Lipinski definition) is 1. The SMILES string of the molecule is COc1cc(CNC(=O)CCc2c(C)nc3cc(C)nn3c2C)ccc1OCC1CCCO1. The van der Waals surface area contributed by atoms with Gasteiger partial charge in [0.25, 0.3) is 0 Å². The minimum Gasteiger partial charge on any atom is -0.493 e. The van der Waals surface area contributed by atoms with Crippen LogP contribution < -0.4 is 14.8 Å². The number of carbonyl (C=O) groups is 1. The predicted octanol–water partition coefficient (Wildman–Crippen LogP) is 3.47. The Morgan fingerprint density at radius 3 is 2.85 bits per heavy atom. The van der Waals surface area contributed by atoms with E-state index >= 15 is 0 Å². The molecule has 33 heavy (non-hydrogen) atoms. The van der Waals surface area contributed by atoms with Crippen LogP contribution in [0.2, 0.25) is 0 Å². The minimum absolute atomic E-state index is 0.0109. The lowest BCUT2D eigenvalue weighted by atomic mass is 10.1. The predicted molar refractivity (Wildman–Crippen MR) is 125 cm³/mol. The van der Waals surface area contributed by atoms with Crippen molar-refractivity contribution in [2.45, 2.75) is 59.1 Å². The number of amides is 1. The highest BCUT2D eigenvalue weighted by molar-refractivity contribution is 5.76.